The molecule has 162 valence electrons. The molecule has 1 saturated carbocycles. The molecule has 0 spiro atoms. The van der Waals surface area contributed by atoms with Crippen molar-refractivity contribution in [3.63, 3.8) is 0 Å². The summed E-state index contributed by atoms with van der Waals surface area (Å²) < 4.78 is 10.7. The largest absolute Gasteiger partial charge is 0.497 e. The number of ether oxygens (including phenoxy) is 2. The first kappa shape index (κ1) is 22.1. The fourth-order valence-electron chi connectivity index (χ4n) is 5.37. The number of esters is 1. The van der Waals surface area contributed by atoms with E-state index in [1.54, 1.807) is 7.11 Å². The number of methoxy groups -OCH3 is 2. The van der Waals surface area contributed by atoms with Crippen LogP contribution in [0.3, 0.4) is 0 Å². The van der Waals surface area contributed by atoms with E-state index in [-0.39, 0.29) is 23.0 Å². The van der Waals surface area contributed by atoms with E-state index >= 15 is 0 Å². The second-order valence-electron chi connectivity index (χ2n) is 9.82. The third kappa shape index (κ3) is 4.17. The topological polar surface area (TPSA) is 48.0 Å². The van der Waals surface area contributed by atoms with Gasteiger partial charge in [-0.15, -0.1) is 0 Å². The molecule has 2 aliphatic rings. The Balaban J connectivity index is 2.04. The predicted octanol–water partition coefficient (Wildman–Crippen LogP) is 5.24. The molecular formula is C24H37NO4. The molecule has 2 atom stereocenters. The van der Waals surface area contributed by atoms with E-state index in [0.29, 0.717) is 6.42 Å². The van der Waals surface area contributed by atoms with Crippen molar-refractivity contribution in [2.24, 2.45) is 0 Å². The molecular weight excluding hydrogens is 366 g/mol. The van der Waals surface area contributed by atoms with E-state index in [1.807, 2.05) is 12.1 Å². The number of hydroxylamine groups is 2. The molecule has 1 aliphatic heterocycles. The summed E-state index contributed by atoms with van der Waals surface area (Å²) in [4.78, 5) is 20.1. The summed E-state index contributed by atoms with van der Waals surface area (Å²) in [6, 6.07) is 8.03. The van der Waals surface area contributed by atoms with Crippen molar-refractivity contribution in [1.29, 1.82) is 0 Å². The molecule has 1 aliphatic carbocycles. The maximum atomic E-state index is 13.3. The van der Waals surface area contributed by atoms with Crippen LogP contribution in [0.2, 0.25) is 0 Å². The van der Waals surface area contributed by atoms with Crippen LogP contribution >= 0.6 is 0 Å². The number of piperidine rings is 1. The lowest BCUT2D eigenvalue weighted by atomic mass is 9.71. The fourth-order valence-corrected chi connectivity index (χ4v) is 5.37. The van der Waals surface area contributed by atoms with Gasteiger partial charge in [0.15, 0.2) is 5.60 Å². The van der Waals surface area contributed by atoms with Gasteiger partial charge in [-0.2, -0.15) is 5.06 Å². The number of carbonyl (C=O) groups is 1. The van der Waals surface area contributed by atoms with Gasteiger partial charge >= 0.3 is 5.97 Å². The smallest absolute Gasteiger partial charge is 0.340 e. The number of hydrogen-bond acceptors (Lipinski definition) is 5. The molecule has 5 nitrogen and oxygen atoms in total. The Labute approximate surface area is 175 Å². The molecule has 3 rings (SSSR count). The normalized spacial score (nSPS) is 29.2. The number of rotatable bonds is 5. The third-order valence-corrected chi connectivity index (χ3v) is 6.83. The minimum absolute atomic E-state index is 0.0527. The Morgan fingerprint density at radius 1 is 0.931 bits per heavy atom. The lowest BCUT2D eigenvalue weighted by Gasteiger charge is -2.55. The summed E-state index contributed by atoms with van der Waals surface area (Å²) in [7, 11) is 3.14. The molecule has 1 heterocycles. The molecule has 0 amide bonds. The van der Waals surface area contributed by atoms with Crippen LogP contribution < -0.4 is 4.74 Å². The summed E-state index contributed by atoms with van der Waals surface area (Å²) in [5.41, 5.74) is -0.202. The first-order valence-corrected chi connectivity index (χ1v) is 10.9. The van der Waals surface area contributed by atoms with E-state index in [0.717, 1.165) is 49.8 Å². The molecule has 1 aromatic rings. The molecule has 5 heteroatoms. The van der Waals surface area contributed by atoms with E-state index in [1.165, 1.54) is 7.11 Å². The van der Waals surface area contributed by atoms with Crippen LogP contribution in [0, 0.1) is 0 Å². The summed E-state index contributed by atoms with van der Waals surface area (Å²) >= 11 is 0. The van der Waals surface area contributed by atoms with Crippen molar-refractivity contribution >= 4 is 5.97 Å². The van der Waals surface area contributed by atoms with Crippen LogP contribution in [0.4, 0.5) is 0 Å². The van der Waals surface area contributed by atoms with Gasteiger partial charge in [-0.3, -0.25) is 4.84 Å². The van der Waals surface area contributed by atoms with Gasteiger partial charge < -0.3 is 9.47 Å². The Bertz CT molecular complexity index is 696. The van der Waals surface area contributed by atoms with Gasteiger partial charge in [0.2, 0.25) is 0 Å². The highest BCUT2D eigenvalue weighted by Gasteiger charge is 2.55. The molecule has 0 unspecified atom stereocenters. The molecule has 1 saturated heterocycles. The Morgan fingerprint density at radius 3 is 2.10 bits per heavy atom. The first-order valence-electron chi connectivity index (χ1n) is 10.9. The average Bonchev–Trinajstić information content (AvgIpc) is 2.70. The summed E-state index contributed by atoms with van der Waals surface area (Å²) in [6.07, 6.45) is 6.84. The Kier molecular flexibility index (Phi) is 6.30. The first-order chi connectivity index (χ1) is 13.7. The quantitative estimate of drug-likeness (QED) is 0.629. The summed E-state index contributed by atoms with van der Waals surface area (Å²) in [5.74, 6) is 0.491. The standard InChI is InChI=1S/C24H37NO4/c1-22(2)15-9-16-23(3,4)25(22)29-24(21(26)28-6)17-8-7-10-20(24)18-11-13-19(27-5)14-12-18/h11-14,20H,7-10,15-17H2,1-6H3/t20-,24+/m1/s1. The summed E-state index contributed by atoms with van der Waals surface area (Å²) in [5, 5.41) is 2.11. The zero-order chi connectivity index (χ0) is 21.3. The van der Waals surface area contributed by atoms with Crippen LogP contribution in [-0.2, 0) is 14.4 Å². The molecule has 0 radical (unpaired) electrons. The molecule has 29 heavy (non-hydrogen) atoms. The van der Waals surface area contributed by atoms with Crippen molar-refractivity contribution < 1.29 is 19.1 Å². The van der Waals surface area contributed by atoms with Crippen LogP contribution in [0.15, 0.2) is 24.3 Å². The van der Waals surface area contributed by atoms with Crippen LogP contribution in [-0.4, -0.2) is 41.9 Å². The van der Waals surface area contributed by atoms with Gasteiger partial charge in [-0.1, -0.05) is 18.6 Å². The second kappa shape index (κ2) is 8.27. The minimum atomic E-state index is -1.01. The monoisotopic (exact) mass is 403 g/mol. The second-order valence-corrected chi connectivity index (χ2v) is 9.82. The minimum Gasteiger partial charge on any atom is -0.497 e. The molecule has 0 aromatic heterocycles. The fraction of sp³-hybridized carbons (Fsp3) is 0.708. The highest BCUT2D eigenvalue weighted by Crippen LogP contribution is 2.49. The highest BCUT2D eigenvalue weighted by atomic mass is 16.7. The van der Waals surface area contributed by atoms with Crippen molar-refractivity contribution in [3.8, 4) is 5.75 Å². The Morgan fingerprint density at radius 2 is 1.55 bits per heavy atom. The van der Waals surface area contributed by atoms with E-state index in [4.69, 9.17) is 14.3 Å². The third-order valence-electron chi connectivity index (χ3n) is 6.83. The van der Waals surface area contributed by atoms with Gasteiger partial charge in [-0.25, -0.2) is 4.79 Å². The van der Waals surface area contributed by atoms with Gasteiger partial charge in [0, 0.05) is 17.0 Å². The molecule has 2 fully saturated rings. The maximum Gasteiger partial charge on any atom is 0.340 e. The van der Waals surface area contributed by atoms with Gasteiger partial charge in [0.1, 0.15) is 5.75 Å². The lowest BCUT2D eigenvalue weighted by molar-refractivity contribution is -0.340. The van der Waals surface area contributed by atoms with E-state index < -0.39 is 5.60 Å². The van der Waals surface area contributed by atoms with Gasteiger partial charge in [0.25, 0.3) is 0 Å². The van der Waals surface area contributed by atoms with Gasteiger partial charge in [0.05, 0.1) is 14.2 Å². The predicted molar refractivity (Wildman–Crippen MR) is 114 cm³/mol. The lowest BCUT2D eigenvalue weighted by Crippen LogP contribution is -2.64. The zero-order valence-corrected chi connectivity index (χ0v) is 18.9. The number of benzene rings is 1. The molecule has 0 N–H and O–H groups in total. The van der Waals surface area contributed by atoms with E-state index in [9.17, 15) is 4.79 Å². The highest BCUT2D eigenvalue weighted by molar-refractivity contribution is 5.81. The number of carbonyl (C=O) groups excluding carboxylic acids is 1. The maximum absolute atomic E-state index is 13.3. The van der Waals surface area contributed by atoms with Gasteiger partial charge in [-0.05, 0) is 83.9 Å². The molecule has 1 aromatic carbocycles. The van der Waals surface area contributed by atoms with Crippen molar-refractivity contribution in [3.05, 3.63) is 29.8 Å². The number of nitrogens with zero attached hydrogens (tertiary/aromatic N) is 1. The van der Waals surface area contributed by atoms with E-state index in [2.05, 4.69) is 44.9 Å². The van der Waals surface area contributed by atoms with Crippen molar-refractivity contribution in [1.82, 2.24) is 5.06 Å². The van der Waals surface area contributed by atoms with Crippen LogP contribution in [0.25, 0.3) is 0 Å². The zero-order valence-electron chi connectivity index (χ0n) is 18.9. The average molecular weight is 404 g/mol. The van der Waals surface area contributed by atoms with Crippen LogP contribution in [0.1, 0.15) is 84.1 Å². The Hall–Kier alpha value is -1.59. The van der Waals surface area contributed by atoms with Crippen LogP contribution in [0.5, 0.6) is 5.75 Å². The molecule has 0 bridgehead atoms. The SMILES string of the molecule is COC(=O)[C@]1(ON2C(C)(C)CCCC2(C)C)CCCC[C@@H]1c1ccc(OC)cc1. The number of hydrogen-bond donors (Lipinski definition) is 0. The summed E-state index contributed by atoms with van der Waals surface area (Å²) in [6.45, 7) is 8.85. The van der Waals surface area contributed by atoms with Crippen molar-refractivity contribution in [2.45, 2.75) is 95.2 Å². The van der Waals surface area contributed by atoms with Crippen molar-refractivity contribution in [2.75, 3.05) is 14.2 Å².